The van der Waals surface area contributed by atoms with E-state index in [9.17, 15) is 14.9 Å². The molecule has 0 fully saturated rings. The maximum atomic E-state index is 11.7. The highest BCUT2D eigenvalue weighted by Gasteiger charge is 2.05. The summed E-state index contributed by atoms with van der Waals surface area (Å²) in [5.74, 6) is 0.407. The van der Waals surface area contributed by atoms with Gasteiger partial charge in [0.2, 0.25) is 0 Å². The molecule has 0 bridgehead atoms. The largest absolute Gasteiger partial charge is 0.491 e. The Morgan fingerprint density at radius 2 is 0.933 bits per heavy atom. The molecule has 45 heavy (non-hydrogen) atoms. The second-order valence-corrected chi connectivity index (χ2v) is 9.98. The van der Waals surface area contributed by atoms with Crippen LogP contribution in [0.15, 0.2) is 24.3 Å². The molecule has 0 aromatic heterocycles. The highest BCUT2D eigenvalue weighted by molar-refractivity contribution is 5.69. The van der Waals surface area contributed by atoms with E-state index in [0.717, 1.165) is 12.8 Å². The van der Waals surface area contributed by atoms with Crippen LogP contribution in [0.5, 0.6) is 5.75 Å². The number of non-ortho nitro benzene ring substituents is 1. The fourth-order valence-electron chi connectivity index (χ4n) is 3.82. The number of esters is 1. The van der Waals surface area contributed by atoms with Crippen LogP contribution in [0, 0.1) is 10.1 Å². The van der Waals surface area contributed by atoms with Gasteiger partial charge in [0, 0.05) is 18.6 Å². The molecule has 0 aliphatic rings. The van der Waals surface area contributed by atoms with E-state index in [-0.39, 0.29) is 18.3 Å². The minimum atomic E-state index is -0.453. The summed E-state index contributed by atoms with van der Waals surface area (Å²) >= 11 is 0. The van der Waals surface area contributed by atoms with Crippen LogP contribution in [0.2, 0.25) is 0 Å². The van der Waals surface area contributed by atoms with E-state index in [1.54, 1.807) is 12.1 Å². The zero-order valence-electron chi connectivity index (χ0n) is 27.1. The van der Waals surface area contributed by atoms with Crippen molar-refractivity contribution >= 4 is 11.7 Å². The molecule has 0 atom stereocenters. The zero-order valence-corrected chi connectivity index (χ0v) is 27.1. The van der Waals surface area contributed by atoms with Crippen molar-refractivity contribution in [1.82, 2.24) is 0 Å². The smallest absolute Gasteiger partial charge is 0.305 e. The van der Waals surface area contributed by atoms with Crippen LogP contribution >= 0.6 is 0 Å². The lowest BCUT2D eigenvalue weighted by molar-refractivity contribution is -0.384. The zero-order chi connectivity index (χ0) is 32.5. The van der Waals surface area contributed by atoms with Crippen LogP contribution in [0.25, 0.3) is 0 Å². The molecule has 1 aromatic rings. The molecule has 0 aliphatic heterocycles. The number of hydrogen-bond acceptors (Lipinski definition) is 12. The van der Waals surface area contributed by atoms with Crippen molar-refractivity contribution < 1.29 is 52.3 Å². The monoisotopic (exact) mass is 645 g/mol. The van der Waals surface area contributed by atoms with Gasteiger partial charge in [-0.3, -0.25) is 14.9 Å². The number of nitro benzene ring substituents is 1. The fraction of sp³-hybridized carbons (Fsp3) is 0.781. The van der Waals surface area contributed by atoms with Crippen molar-refractivity contribution in [2.75, 3.05) is 106 Å². The van der Waals surface area contributed by atoms with Gasteiger partial charge in [0.1, 0.15) is 19.0 Å². The van der Waals surface area contributed by atoms with Gasteiger partial charge in [0.25, 0.3) is 5.69 Å². The predicted octanol–water partition coefficient (Wildman–Crippen LogP) is 4.77. The third-order valence-electron chi connectivity index (χ3n) is 6.25. The number of rotatable bonds is 34. The second-order valence-electron chi connectivity index (χ2n) is 9.98. The lowest BCUT2D eigenvalue weighted by Gasteiger charge is -2.09. The standard InChI is InChI=1S/C32H55NO12/c1-2-3-4-5-6-7-8-9-32(34)45-29-27-43-25-23-41-21-19-39-17-15-37-14-16-38-18-20-40-22-24-42-26-28-44-31-12-10-30(11-13-31)33(35)36/h10-13H,2-9,14-29H2,1H3. The molecule has 13 nitrogen and oxygen atoms in total. The topological polar surface area (TPSA) is 143 Å². The van der Waals surface area contributed by atoms with E-state index in [4.69, 9.17) is 42.6 Å². The lowest BCUT2D eigenvalue weighted by Crippen LogP contribution is -2.15. The fourth-order valence-corrected chi connectivity index (χ4v) is 3.82. The van der Waals surface area contributed by atoms with Crippen molar-refractivity contribution in [3.8, 4) is 5.75 Å². The maximum Gasteiger partial charge on any atom is 0.305 e. The molecule has 0 amide bonds. The molecular weight excluding hydrogens is 590 g/mol. The normalized spacial score (nSPS) is 11.1. The van der Waals surface area contributed by atoms with Crippen molar-refractivity contribution in [2.45, 2.75) is 58.3 Å². The average Bonchev–Trinajstić information content (AvgIpc) is 3.04. The van der Waals surface area contributed by atoms with Gasteiger partial charge in [-0.05, 0) is 18.6 Å². The average molecular weight is 646 g/mol. The quantitative estimate of drug-likeness (QED) is 0.0441. The van der Waals surface area contributed by atoms with E-state index in [1.807, 2.05) is 0 Å². The molecule has 0 radical (unpaired) electrons. The number of ether oxygens (including phenoxy) is 9. The van der Waals surface area contributed by atoms with Gasteiger partial charge in [-0.1, -0.05) is 45.4 Å². The number of unbranched alkanes of at least 4 members (excludes halogenated alkanes) is 6. The summed E-state index contributed by atoms with van der Waals surface area (Å²) in [6, 6.07) is 5.91. The van der Waals surface area contributed by atoms with E-state index in [1.165, 1.54) is 44.2 Å². The molecule has 0 saturated carbocycles. The van der Waals surface area contributed by atoms with E-state index in [0.29, 0.717) is 111 Å². The molecule has 13 heteroatoms. The first kappa shape index (κ1) is 40.6. The van der Waals surface area contributed by atoms with Crippen molar-refractivity contribution in [3.63, 3.8) is 0 Å². The van der Waals surface area contributed by atoms with Crippen molar-refractivity contribution in [2.24, 2.45) is 0 Å². The van der Waals surface area contributed by atoms with Crippen LogP contribution in [0.1, 0.15) is 58.3 Å². The lowest BCUT2D eigenvalue weighted by atomic mass is 10.1. The van der Waals surface area contributed by atoms with Gasteiger partial charge in [0.15, 0.2) is 0 Å². The van der Waals surface area contributed by atoms with Crippen LogP contribution in [0.3, 0.4) is 0 Å². The molecule has 1 aromatic carbocycles. The van der Waals surface area contributed by atoms with Crippen LogP contribution in [-0.4, -0.2) is 117 Å². The van der Waals surface area contributed by atoms with Gasteiger partial charge in [-0.25, -0.2) is 0 Å². The van der Waals surface area contributed by atoms with Crippen molar-refractivity contribution in [3.05, 3.63) is 34.4 Å². The number of nitrogens with zero attached hydrogens (tertiary/aromatic N) is 1. The van der Waals surface area contributed by atoms with Crippen LogP contribution < -0.4 is 4.74 Å². The third-order valence-corrected chi connectivity index (χ3v) is 6.25. The summed E-state index contributed by atoms with van der Waals surface area (Å²) in [6.45, 7) is 9.16. The first-order valence-electron chi connectivity index (χ1n) is 16.2. The number of benzene rings is 1. The Labute approximate surface area is 268 Å². The Morgan fingerprint density at radius 1 is 0.556 bits per heavy atom. The summed E-state index contributed by atoms with van der Waals surface area (Å²) in [7, 11) is 0. The third kappa shape index (κ3) is 27.6. The number of carbonyl (C=O) groups excluding carboxylic acids is 1. The van der Waals surface area contributed by atoms with Gasteiger partial charge >= 0.3 is 5.97 Å². The Bertz CT molecular complexity index is 812. The van der Waals surface area contributed by atoms with E-state index in [2.05, 4.69) is 6.92 Å². The first-order chi connectivity index (χ1) is 22.1. The van der Waals surface area contributed by atoms with E-state index < -0.39 is 4.92 Å². The minimum Gasteiger partial charge on any atom is -0.491 e. The van der Waals surface area contributed by atoms with Gasteiger partial charge < -0.3 is 42.6 Å². The predicted molar refractivity (Wildman–Crippen MR) is 168 cm³/mol. The second kappa shape index (κ2) is 31.6. The SMILES string of the molecule is CCCCCCCCCC(=O)OCCOCCOCCOCCOCCOCCOCCOCCOc1ccc([N+](=O)[O-])cc1. The molecule has 1 rings (SSSR count). The first-order valence-corrected chi connectivity index (χ1v) is 16.2. The summed E-state index contributed by atoms with van der Waals surface area (Å²) in [5.41, 5.74) is 0.0250. The van der Waals surface area contributed by atoms with Gasteiger partial charge in [0.05, 0.1) is 97.4 Å². The van der Waals surface area contributed by atoms with E-state index >= 15 is 0 Å². The van der Waals surface area contributed by atoms with Crippen LogP contribution in [-0.2, 0) is 42.7 Å². The Hall–Kier alpha value is -2.39. The molecule has 0 N–H and O–H groups in total. The molecule has 0 unspecified atom stereocenters. The molecule has 0 spiro atoms. The molecule has 260 valence electrons. The molecular formula is C32H55NO12. The molecule has 0 saturated heterocycles. The number of carbonyl (C=O) groups is 1. The maximum absolute atomic E-state index is 11.7. The number of nitro groups is 1. The van der Waals surface area contributed by atoms with Gasteiger partial charge in [-0.15, -0.1) is 0 Å². The Balaban J connectivity index is 1.69. The summed E-state index contributed by atoms with van der Waals surface area (Å²) in [6.07, 6.45) is 8.75. The highest BCUT2D eigenvalue weighted by atomic mass is 16.6. The summed E-state index contributed by atoms with van der Waals surface area (Å²) in [4.78, 5) is 21.9. The highest BCUT2D eigenvalue weighted by Crippen LogP contribution is 2.17. The minimum absolute atomic E-state index is 0.0250. The number of hydrogen-bond donors (Lipinski definition) is 0. The van der Waals surface area contributed by atoms with Crippen molar-refractivity contribution in [1.29, 1.82) is 0 Å². The van der Waals surface area contributed by atoms with Gasteiger partial charge in [-0.2, -0.15) is 0 Å². The Morgan fingerprint density at radius 3 is 1.36 bits per heavy atom. The summed E-state index contributed by atoms with van der Waals surface area (Å²) in [5, 5.41) is 10.6. The molecule has 0 heterocycles. The molecule has 0 aliphatic carbocycles. The van der Waals surface area contributed by atoms with Crippen LogP contribution in [0.4, 0.5) is 5.69 Å². The summed E-state index contributed by atoms with van der Waals surface area (Å²) < 4.78 is 48.7. The Kier molecular flexibility index (Phi) is 28.5.